The van der Waals surface area contributed by atoms with Crippen LogP contribution in [0.1, 0.15) is 30.9 Å². The van der Waals surface area contributed by atoms with Crippen LogP contribution in [0.25, 0.3) is 0 Å². The van der Waals surface area contributed by atoms with Crippen LogP contribution in [0.3, 0.4) is 0 Å². The summed E-state index contributed by atoms with van der Waals surface area (Å²) in [5.41, 5.74) is 2.77. The fourth-order valence-corrected chi connectivity index (χ4v) is 2.96. The summed E-state index contributed by atoms with van der Waals surface area (Å²) >= 11 is 2.00. The molecule has 1 nitrogen and oxygen atoms in total. The van der Waals surface area contributed by atoms with Crippen LogP contribution >= 0.6 is 11.8 Å². The molecule has 94 valence electrons. The molecule has 0 amide bonds. The van der Waals surface area contributed by atoms with Gasteiger partial charge in [0.25, 0.3) is 0 Å². The summed E-state index contributed by atoms with van der Waals surface area (Å²) in [6.45, 7) is 7.88. The molecule has 0 radical (unpaired) electrons. The Balaban J connectivity index is 1.77. The number of nitrogens with one attached hydrogen (secondary N) is 1. The van der Waals surface area contributed by atoms with Crippen LogP contribution in [0.15, 0.2) is 23.1 Å². The van der Waals surface area contributed by atoms with Crippen molar-refractivity contribution in [1.82, 2.24) is 5.32 Å². The number of hydrogen-bond donors (Lipinski definition) is 1. The van der Waals surface area contributed by atoms with E-state index in [1.165, 1.54) is 41.2 Å². The molecule has 2 heteroatoms. The normalized spacial score (nSPS) is 17.1. The molecular weight excluding hydrogens is 226 g/mol. The summed E-state index contributed by atoms with van der Waals surface area (Å²) in [5, 5.41) is 3.61. The quantitative estimate of drug-likeness (QED) is 0.770. The molecule has 0 bridgehead atoms. The first-order valence-electron chi connectivity index (χ1n) is 6.58. The average Bonchev–Trinajstić information content (AvgIpc) is 3.11. The predicted molar refractivity (Wildman–Crippen MR) is 76.8 cm³/mol. The lowest BCUT2D eigenvalue weighted by Crippen LogP contribution is -2.24. The Kier molecular flexibility index (Phi) is 4.52. The van der Waals surface area contributed by atoms with E-state index in [9.17, 15) is 0 Å². The fourth-order valence-electron chi connectivity index (χ4n) is 1.81. The van der Waals surface area contributed by atoms with Gasteiger partial charge in [0.05, 0.1) is 0 Å². The van der Waals surface area contributed by atoms with E-state index in [1.54, 1.807) is 0 Å². The zero-order valence-electron chi connectivity index (χ0n) is 11.1. The maximum Gasteiger partial charge on any atom is 0.0104 e. The van der Waals surface area contributed by atoms with Gasteiger partial charge in [0, 0.05) is 16.7 Å². The van der Waals surface area contributed by atoms with Gasteiger partial charge in [-0.2, -0.15) is 0 Å². The molecule has 0 aliphatic heterocycles. The Labute approximate surface area is 109 Å². The second-order valence-electron chi connectivity index (χ2n) is 5.37. The maximum absolute atomic E-state index is 3.61. The van der Waals surface area contributed by atoms with Gasteiger partial charge in [-0.05, 0) is 50.8 Å². The SMILES string of the molecule is Cc1ccc(C)c(SCC(C)CNC2CC2)c1. The van der Waals surface area contributed by atoms with Crippen molar-refractivity contribution in [3.63, 3.8) is 0 Å². The van der Waals surface area contributed by atoms with Gasteiger partial charge in [0.15, 0.2) is 0 Å². The number of benzene rings is 1. The molecule has 1 aromatic carbocycles. The summed E-state index contributed by atoms with van der Waals surface area (Å²) < 4.78 is 0. The Hall–Kier alpha value is -0.470. The number of thioether (sulfide) groups is 1. The first kappa shape index (κ1) is 13.0. The number of rotatable bonds is 6. The van der Waals surface area contributed by atoms with Crippen molar-refractivity contribution in [2.75, 3.05) is 12.3 Å². The summed E-state index contributed by atoms with van der Waals surface area (Å²) in [7, 11) is 0. The first-order valence-corrected chi connectivity index (χ1v) is 7.57. The van der Waals surface area contributed by atoms with E-state index in [0.29, 0.717) is 0 Å². The molecule has 17 heavy (non-hydrogen) atoms. The molecule has 1 unspecified atom stereocenters. The molecule has 1 aliphatic carbocycles. The smallest absolute Gasteiger partial charge is 0.0104 e. The Morgan fingerprint density at radius 1 is 1.35 bits per heavy atom. The fraction of sp³-hybridized carbons (Fsp3) is 0.600. The zero-order chi connectivity index (χ0) is 12.3. The topological polar surface area (TPSA) is 12.0 Å². The predicted octanol–water partition coefficient (Wildman–Crippen LogP) is 3.78. The van der Waals surface area contributed by atoms with Gasteiger partial charge < -0.3 is 5.32 Å². The van der Waals surface area contributed by atoms with Crippen molar-refractivity contribution in [3.8, 4) is 0 Å². The molecule has 0 aromatic heterocycles. The lowest BCUT2D eigenvalue weighted by atomic mass is 10.2. The highest BCUT2D eigenvalue weighted by molar-refractivity contribution is 7.99. The molecule has 1 aromatic rings. The van der Waals surface area contributed by atoms with Gasteiger partial charge >= 0.3 is 0 Å². The third-order valence-electron chi connectivity index (χ3n) is 3.20. The Bertz CT molecular complexity index is 371. The zero-order valence-corrected chi connectivity index (χ0v) is 11.9. The minimum atomic E-state index is 0.750. The van der Waals surface area contributed by atoms with Crippen LogP contribution in [0.4, 0.5) is 0 Å². The van der Waals surface area contributed by atoms with E-state index in [4.69, 9.17) is 0 Å². The van der Waals surface area contributed by atoms with Crippen molar-refractivity contribution < 1.29 is 0 Å². The van der Waals surface area contributed by atoms with Gasteiger partial charge in [-0.1, -0.05) is 24.6 Å². The largest absolute Gasteiger partial charge is 0.314 e. The van der Waals surface area contributed by atoms with Gasteiger partial charge in [-0.3, -0.25) is 0 Å². The van der Waals surface area contributed by atoms with Crippen LogP contribution in [0.2, 0.25) is 0 Å². The monoisotopic (exact) mass is 249 g/mol. The molecule has 0 saturated heterocycles. The second kappa shape index (κ2) is 5.92. The highest BCUT2D eigenvalue weighted by Crippen LogP contribution is 2.26. The molecule has 2 rings (SSSR count). The second-order valence-corrected chi connectivity index (χ2v) is 6.43. The average molecular weight is 249 g/mol. The summed E-state index contributed by atoms with van der Waals surface area (Å²) in [5.74, 6) is 1.96. The van der Waals surface area contributed by atoms with Crippen LogP contribution in [-0.4, -0.2) is 18.3 Å². The van der Waals surface area contributed by atoms with E-state index in [-0.39, 0.29) is 0 Å². The summed E-state index contributed by atoms with van der Waals surface area (Å²) in [6, 6.07) is 7.56. The lowest BCUT2D eigenvalue weighted by molar-refractivity contribution is 0.556. The molecule has 1 aliphatic rings. The molecule has 1 atom stereocenters. The third kappa shape index (κ3) is 4.36. The van der Waals surface area contributed by atoms with Crippen molar-refractivity contribution in [2.24, 2.45) is 5.92 Å². The van der Waals surface area contributed by atoms with Gasteiger partial charge in [-0.15, -0.1) is 11.8 Å². The Morgan fingerprint density at radius 3 is 2.82 bits per heavy atom. The van der Waals surface area contributed by atoms with E-state index in [2.05, 4.69) is 44.3 Å². The Morgan fingerprint density at radius 2 is 2.12 bits per heavy atom. The highest BCUT2D eigenvalue weighted by atomic mass is 32.2. The van der Waals surface area contributed by atoms with Crippen molar-refractivity contribution >= 4 is 11.8 Å². The van der Waals surface area contributed by atoms with Crippen LogP contribution in [0, 0.1) is 19.8 Å². The maximum atomic E-state index is 3.61. The molecule has 1 fully saturated rings. The van der Waals surface area contributed by atoms with Gasteiger partial charge in [0.1, 0.15) is 0 Å². The summed E-state index contributed by atoms with van der Waals surface area (Å²) in [6.07, 6.45) is 2.77. The highest BCUT2D eigenvalue weighted by Gasteiger charge is 2.20. The number of hydrogen-bond acceptors (Lipinski definition) is 2. The standard InChI is InChI=1S/C15H23NS/c1-11-4-5-13(3)15(8-11)17-10-12(2)9-16-14-6-7-14/h4-5,8,12,14,16H,6-7,9-10H2,1-3H3. The molecular formula is C15H23NS. The van der Waals surface area contributed by atoms with E-state index >= 15 is 0 Å². The van der Waals surface area contributed by atoms with E-state index in [0.717, 1.165) is 12.0 Å². The third-order valence-corrected chi connectivity index (χ3v) is 4.69. The van der Waals surface area contributed by atoms with Gasteiger partial charge in [0.2, 0.25) is 0 Å². The summed E-state index contributed by atoms with van der Waals surface area (Å²) in [4.78, 5) is 1.45. The minimum absolute atomic E-state index is 0.750. The molecule has 1 N–H and O–H groups in total. The van der Waals surface area contributed by atoms with Crippen molar-refractivity contribution in [2.45, 2.75) is 44.6 Å². The minimum Gasteiger partial charge on any atom is -0.314 e. The van der Waals surface area contributed by atoms with Crippen LogP contribution < -0.4 is 5.32 Å². The van der Waals surface area contributed by atoms with E-state index in [1.807, 2.05) is 11.8 Å². The van der Waals surface area contributed by atoms with Crippen LogP contribution in [-0.2, 0) is 0 Å². The van der Waals surface area contributed by atoms with Crippen LogP contribution in [0.5, 0.6) is 0 Å². The molecule has 1 saturated carbocycles. The first-order chi connectivity index (χ1) is 8.15. The van der Waals surface area contributed by atoms with Crippen molar-refractivity contribution in [1.29, 1.82) is 0 Å². The number of aryl methyl sites for hydroxylation is 2. The molecule has 0 spiro atoms. The van der Waals surface area contributed by atoms with Crippen molar-refractivity contribution in [3.05, 3.63) is 29.3 Å². The van der Waals surface area contributed by atoms with Gasteiger partial charge in [-0.25, -0.2) is 0 Å². The molecule has 0 heterocycles. The lowest BCUT2D eigenvalue weighted by Gasteiger charge is -2.13. The van der Waals surface area contributed by atoms with E-state index < -0.39 is 0 Å².